The van der Waals surface area contributed by atoms with Crippen molar-refractivity contribution in [2.24, 2.45) is 0 Å². The highest BCUT2D eigenvalue weighted by Gasteiger charge is 2.09. The molecule has 0 aliphatic carbocycles. The number of aromatic nitrogens is 3. The van der Waals surface area contributed by atoms with Crippen LogP contribution >= 0.6 is 15.9 Å². The first-order chi connectivity index (χ1) is 14.5. The predicted molar refractivity (Wildman–Crippen MR) is 122 cm³/mol. The maximum absolute atomic E-state index is 11.3. The molecule has 0 aliphatic heterocycles. The number of hydrogen-bond donors (Lipinski definition) is 2. The number of amides is 1. The minimum absolute atomic E-state index is 0.200. The number of pyridine rings is 1. The summed E-state index contributed by atoms with van der Waals surface area (Å²) in [4.78, 5) is 26.8. The number of likely N-dealkylation sites (N-methyl/N-ethyl adjacent to an activating group) is 1. The molecule has 3 aromatic rings. The van der Waals surface area contributed by atoms with Crippen LogP contribution in [0.1, 0.15) is 20.8 Å². The van der Waals surface area contributed by atoms with Crippen molar-refractivity contribution in [3.05, 3.63) is 41.0 Å². The van der Waals surface area contributed by atoms with Crippen molar-refractivity contribution in [3.63, 3.8) is 0 Å². The number of rotatable bonds is 9. The van der Waals surface area contributed by atoms with E-state index in [2.05, 4.69) is 60.3 Å². The van der Waals surface area contributed by atoms with Crippen molar-refractivity contribution in [2.75, 3.05) is 36.9 Å². The van der Waals surface area contributed by atoms with Gasteiger partial charge in [-0.3, -0.25) is 4.79 Å². The Morgan fingerprint density at radius 3 is 2.57 bits per heavy atom. The molecule has 0 aliphatic rings. The SMILES string of the molecule is CCN(CC)CCOc1ccc(Nc2ncc3cc(Br)c(NC(C)=O)nc3n2)cc1. The molecular weight excluding hydrogens is 448 g/mol. The van der Waals surface area contributed by atoms with E-state index in [4.69, 9.17) is 4.74 Å². The van der Waals surface area contributed by atoms with Crippen LogP contribution in [0.25, 0.3) is 11.0 Å². The highest BCUT2D eigenvalue weighted by Crippen LogP contribution is 2.25. The van der Waals surface area contributed by atoms with E-state index < -0.39 is 0 Å². The largest absolute Gasteiger partial charge is 0.492 e. The van der Waals surface area contributed by atoms with Gasteiger partial charge in [0, 0.05) is 30.7 Å². The van der Waals surface area contributed by atoms with Gasteiger partial charge in [0.05, 0.1) is 4.47 Å². The number of ether oxygens (including phenoxy) is 1. The zero-order valence-electron chi connectivity index (χ0n) is 17.3. The number of nitrogens with zero attached hydrogens (tertiary/aromatic N) is 4. The topological polar surface area (TPSA) is 92.3 Å². The zero-order chi connectivity index (χ0) is 21.5. The number of carbonyl (C=O) groups excluding carboxylic acids is 1. The molecule has 0 atom stereocenters. The summed E-state index contributed by atoms with van der Waals surface area (Å²) in [5.74, 6) is 1.46. The lowest BCUT2D eigenvalue weighted by Crippen LogP contribution is -2.27. The van der Waals surface area contributed by atoms with Crippen LogP contribution in [0.3, 0.4) is 0 Å². The second kappa shape index (κ2) is 10.3. The van der Waals surface area contributed by atoms with E-state index in [1.807, 2.05) is 30.3 Å². The average molecular weight is 473 g/mol. The van der Waals surface area contributed by atoms with Crippen LogP contribution in [-0.4, -0.2) is 52.0 Å². The van der Waals surface area contributed by atoms with Crippen molar-refractivity contribution >= 4 is 50.3 Å². The first-order valence-corrected chi connectivity index (χ1v) is 10.6. The van der Waals surface area contributed by atoms with Gasteiger partial charge < -0.3 is 20.3 Å². The quantitative estimate of drug-likeness (QED) is 0.481. The standard InChI is InChI=1S/C21H25BrN6O2/c1-4-28(5-2)10-11-30-17-8-6-16(7-9-17)25-21-23-13-15-12-18(22)20(24-14(3)29)26-19(15)27-21/h6-9,12-13H,4-5,10-11H2,1-3H3,(H2,23,24,25,26,27,29). The van der Waals surface area contributed by atoms with E-state index in [0.29, 0.717) is 28.5 Å². The first-order valence-electron chi connectivity index (χ1n) is 9.81. The molecule has 0 saturated carbocycles. The van der Waals surface area contributed by atoms with Gasteiger partial charge in [-0.25, -0.2) is 9.97 Å². The van der Waals surface area contributed by atoms with Crippen LogP contribution in [0.2, 0.25) is 0 Å². The number of benzene rings is 1. The van der Waals surface area contributed by atoms with Gasteiger partial charge in [-0.15, -0.1) is 0 Å². The fourth-order valence-electron chi connectivity index (χ4n) is 2.85. The molecule has 1 aromatic carbocycles. The van der Waals surface area contributed by atoms with Gasteiger partial charge in [-0.2, -0.15) is 4.98 Å². The third kappa shape index (κ3) is 5.87. The maximum Gasteiger partial charge on any atom is 0.229 e. The predicted octanol–water partition coefficient (Wildman–Crippen LogP) is 4.21. The number of anilines is 3. The van der Waals surface area contributed by atoms with Crippen LogP contribution in [0.15, 0.2) is 41.0 Å². The van der Waals surface area contributed by atoms with Crippen LogP contribution in [0, 0.1) is 0 Å². The Hall–Kier alpha value is -2.78. The van der Waals surface area contributed by atoms with Crippen LogP contribution in [0.4, 0.5) is 17.5 Å². The van der Waals surface area contributed by atoms with E-state index in [1.54, 1.807) is 6.20 Å². The Morgan fingerprint density at radius 2 is 1.90 bits per heavy atom. The molecule has 2 aromatic heterocycles. The molecule has 30 heavy (non-hydrogen) atoms. The summed E-state index contributed by atoms with van der Waals surface area (Å²) in [6.07, 6.45) is 1.69. The minimum Gasteiger partial charge on any atom is -0.492 e. The molecule has 3 rings (SSSR count). The summed E-state index contributed by atoms with van der Waals surface area (Å²) in [6.45, 7) is 9.32. The molecule has 2 N–H and O–H groups in total. The highest BCUT2D eigenvalue weighted by atomic mass is 79.9. The van der Waals surface area contributed by atoms with Crippen molar-refractivity contribution < 1.29 is 9.53 Å². The van der Waals surface area contributed by atoms with Crippen LogP contribution < -0.4 is 15.4 Å². The maximum atomic E-state index is 11.3. The molecule has 2 heterocycles. The summed E-state index contributed by atoms with van der Waals surface area (Å²) < 4.78 is 6.48. The van der Waals surface area contributed by atoms with E-state index in [0.717, 1.165) is 36.5 Å². The summed E-state index contributed by atoms with van der Waals surface area (Å²) >= 11 is 3.40. The van der Waals surface area contributed by atoms with Crippen LogP contribution in [0.5, 0.6) is 5.75 Å². The van der Waals surface area contributed by atoms with Gasteiger partial charge in [0.15, 0.2) is 5.65 Å². The Balaban J connectivity index is 1.66. The molecular formula is C21H25BrN6O2. The molecule has 158 valence electrons. The Labute approximate surface area is 184 Å². The number of hydrogen-bond acceptors (Lipinski definition) is 7. The smallest absolute Gasteiger partial charge is 0.229 e. The average Bonchev–Trinajstić information content (AvgIpc) is 2.73. The fraction of sp³-hybridized carbons (Fsp3) is 0.333. The highest BCUT2D eigenvalue weighted by molar-refractivity contribution is 9.10. The number of fused-ring (bicyclic) bond motifs is 1. The van der Waals surface area contributed by atoms with E-state index in [9.17, 15) is 4.79 Å². The van der Waals surface area contributed by atoms with Gasteiger partial charge in [0.1, 0.15) is 18.2 Å². The van der Waals surface area contributed by atoms with Gasteiger partial charge in [-0.05, 0) is 59.4 Å². The molecule has 0 radical (unpaired) electrons. The molecule has 0 spiro atoms. The summed E-state index contributed by atoms with van der Waals surface area (Å²) in [7, 11) is 0. The molecule has 8 nitrogen and oxygen atoms in total. The summed E-state index contributed by atoms with van der Waals surface area (Å²) in [6, 6.07) is 9.48. The zero-order valence-corrected chi connectivity index (χ0v) is 18.9. The third-order valence-electron chi connectivity index (χ3n) is 4.50. The lowest BCUT2D eigenvalue weighted by atomic mass is 10.3. The third-order valence-corrected chi connectivity index (χ3v) is 5.10. The Bertz CT molecular complexity index is 1010. The second-order valence-corrected chi connectivity index (χ2v) is 7.49. The molecule has 9 heteroatoms. The van der Waals surface area contributed by atoms with Crippen molar-refractivity contribution in [3.8, 4) is 5.75 Å². The molecule has 0 fully saturated rings. The molecule has 0 unspecified atom stereocenters. The van der Waals surface area contributed by atoms with Gasteiger partial charge >= 0.3 is 0 Å². The van der Waals surface area contributed by atoms with Gasteiger partial charge in [0.25, 0.3) is 0 Å². The number of carbonyl (C=O) groups is 1. The Morgan fingerprint density at radius 1 is 1.17 bits per heavy atom. The molecule has 1 amide bonds. The monoisotopic (exact) mass is 472 g/mol. The van der Waals surface area contributed by atoms with E-state index >= 15 is 0 Å². The van der Waals surface area contributed by atoms with Crippen LogP contribution in [-0.2, 0) is 4.79 Å². The van der Waals surface area contributed by atoms with Crippen molar-refractivity contribution in [1.29, 1.82) is 0 Å². The fourth-order valence-corrected chi connectivity index (χ4v) is 3.28. The van der Waals surface area contributed by atoms with Gasteiger partial charge in [-0.1, -0.05) is 13.8 Å². The second-order valence-electron chi connectivity index (χ2n) is 6.63. The van der Waals surface area contributed by atoms with E-state index in [1.165, 1.54) is 6.92 Å². The lowest BCUT2D eigenvalue weighted by Gasteiger charge is -2.18. The van der Waals surface area contributed by atoms with Crippen molar-refractivity contribution in [1.82, 2.24) is 19.9 Å². The van der Waals surface area contributed by atoms with Gasteiger partial charge in [0.2, 0.25) is 11.9 Å². The van der Waals surface area contributed by atoms with Crippen molar-refractivity contribution in [2.45, 2.75) is 20.8 Å². The summed E-state index contributed by atoms with van der Waals surface area (Å²) in [5, 5.41) is 6.61. The molecule has 0 bridgehead atoms. The number of nitrogens with one attached hydrogen (secondary N) is 2. The lowest BCUT2D eigenvalue weighted by molar-refractivity contribution is -0.114. The first kappa shape index (κ1) is 21.9. The minimum atomic E-state index is -0.200. The number of halogens is 1. The molecule has 0 saturated heterocycles. The van der Waals surface area contributed by atoms with E-state index in [-0.39, 0.29) is 5.91 Å². The Kier molecular flexibility index (Phi) is 7.53. The summed E-state index contributed by atoms with van der Waals surface area (Å²) in [5.41, 5.74) is 1.32. The normalized spacial score (nSPS) is 11.0.